The lowest BCUT2D eigenvalue weighted by atomic mass is 10.0. The summed E-state index contributed by atoms with van der Waals surface area (Å²) in [6.07, 6.45) is 7.93. The second-order valence-corrected chi connectivity index (χ2v) is 9.71. The Kier molecular flexibility index (Phi) is 9.14. The number of pyridine rings is 1. The summed E-state index contributed by atoms with van der Waals surface area (Å²) in [5.41, 5.74) is 1.64. The second kappa shape index (κ2) is 12.1. The summed E-state index contributed by atoms with van der Waals surface area (Å²) in [4.78, 5) is 9.12. The summed E-state index contributed by atoms with van der Waals surface area (Å²) < 4.78 is 20.5. The molecule has 0 atom stereocenters. The third-order valence-corrected chi connectivity index (χ3v) is 6.19. The molecule has 2 aromatic rings. The molecule has 1 aromatic heterocycles. The van der Waals surface area contributed by atoms with Gasteiger partial charge in [0.05, 0.1) is 0 Å². The van der Waals surface area contributed by atoms with E-state index in [4.69, 9.17) is 4.74 Å². The van der Waals surface area contributed by atoms with Crippen molar-refractivity contribution in [1.29, 1.82) is 0 Å². The maximum absolute atomic E-state index is 14.5. The minimum Gasteiger partial charge on any atom is -0.485 e. The highest BCUT2D eigenvalue weighted by molar-refractivity contribution is 5.74. The molecule has 1 saturated heterocycles. The van der Waals surface area contributed by atoms with Crippen LogP contribution in [0.15, 0.2) is 49.3 Å². The van der Waals surface area contributed by atoms with E-state index < -0.39 is 5.60 Å². The van der Waals surface area contributed by atoms with E-state index >= 15 is 0 Å². The van der Waals surface area contributed by atoms with Crippen molar-refractivity contribution in [1.82, 2.24) is 14.8 Å². The first-order valence-electron chi connectivity index (χ1n) is 12.2. The largest absolute Gasteiger partial charge is 0.485 e. The third-order valence-electron chi connectivity index (χ3n) is 6.19. The highest BCUT2D eigenvalue weighted by atomic mass is 19.1. The summed E-state index contributed by atoms with van der Waals surface area (Å²) in [6.45, 7) is 9.39. The number of anilines is 1. The Labute approximate surface area is 214 Å². The first kappa shape index (κ1) is 27.3. The van der Waals surface area contributed by atoms with Gasteiger partial charge in [0.2, 0.25) is 0 Å². The summed E-state index contributed by atoms with van der Waals surface area (Å²) in [5.74, 6) is 6.31. The molecule has 7 heteroatoms. The molecular weight excluding hydrogens is 455 g/mol. The normalized spacial score (nSPS) is 15.1. The number of rotatable bonds is 8. The summed E-state index contributed by atoms with van der Waals surface area (Å²) in [6, 6.07) is 6.95. The fraction of sp³-hybridized carbons (Fsp3) is 0.414. The molecule has 1 aromatic carbocycles. The third kappa shape index (κ3) is 7.58. The summed E-state index contributed by atoms with van der Waals surface area (Å²) >= 11 is 0. The maximum Gasteiger partial charge on any atom is 0.168 e. The molecule has 1 aliphatic heterocycles. The number of nitrogens with zero attached hydrogens (tertiary/aromatic N) is 3. The van der Waals surface area contributed by atoms with Crippen LogP contribution >= 0.6 is 0 Å². The molecule has 36 heavy (non-hydrogen) atoms. The van der Waals surface area contributed by atoms with Gasteiger partial charge in [0.15, 0.2) is 11.6 Å². The van der Waals surface area contributed by atoms with Crippen molar-refractivity contribution in [3.63, 3.8) is 0 Å². The molecular formula is C29H37FN4O2. The van der Waals surface area contributed by atoms with Gasteiger partial charge in [0, 0.05) is 49.2 Å². The Morgan fingerprint density at radius 3 is 2.72 bits per heavy atom. The van der Waals surface area contributed by atoms with Crippen molar-refractivity contribution >= 4 is 11.4 Å². The lowest BCUT2D eigenvalue weighted by molar-refractivity contribution is 0.143. The van der Waals surface area contributed by atoms with E-state index in [1.165, 1.54) is 6.07 Å². The Bertz CT molecular complexity index is 1150. The number of hydrogen-bond acceptors (Lipinski definition) is 6. The van der Waals surface area contributed by atoms with Crippen molar-refractivity contribution < 1.29 is 14.2 Å². The quantitative estimate of drug-likeness (QED) is 0.418. The number of likely N-dealkylation sites (tertiary alicyclic amines) is 1. The van der Waals surface area contributed by atoms with Crippen LogP contribution in [0.5, 0.6) is 5.75 Å². The molecule has 0 spiro atoms. The smallest absolute Gasteiger partial charge is 0.168 e. The zero-order valence-electron chi connectivity index (χ0n) is 21.9. The first-order valence-corrected chi connectivity index (χ1v) is 12.2. The fourth-order valence-corrected chi connectivity index (χ4v) is 4.02. The van der Waals surface area contributed by atoms with Gasteiger partial charge in [-0.25, -0.2) is 9.37 Å². The number of aliphatic hydroxyl groups is 1. The molecule has 6 nitrogen and oxygen atoms in total. The molecule has 0 unspecified atom stereocenters. The summed E-state index contributed by atoms with van der Waals surface area (Å²) in [5, 5.41) is 12.9. The van der Waals surface area contributed by atoms with Gasteiger partial charge in [0.1, 0.15) is 18.0 Å². The van der Waals surface area contributed by atoms with Crippen LogP contribution in [0, 0.1) is 17.7 Å². The van der Waals surface area contributed by atoms with Gasteiger partial charge < -0.3 is 25.0 Å². The molecule has 1 aliphatic rings. The van der Waals surface area contributed by atoms with Crippen molar-refractivity contribution in [2.75, 3.05) is 39.5 Å². The van der Waals surface area contributed by atoms with Gasteiger partial charge in [-0.1, -0.05) is 24.5 Å². The minimum atomic E-state index is -1.13. The van der Waals surface area contributed by atoms with Crippen molar-refractivity contribution in [3.05, 3.63) is 71.8 Å². The fourth-order valence-electron chi connectivity index (χ4n) is 4.02. The van der Waals surface area contributed by atoms with Gasteiger partial charge in [-0.15, -0.1) is 0 Å². The zero-order chi connectivity index (χ0) is 26.3. The number of aromatic nitrogens is 1. The predicted molar refractivity (Wildman–Crippen MR) is 144 cm³/mol. The van der Waals surface area contributed by atoms with E-state index in [2.05, 4.69) is 58.8 Å². The van der Waals surface area contributed by atoms with Gasteiger partial charge in [0.25, 0.3) is 0 Å². The molecule has 0 bridgehead atoms. The van der Waals surface area contributed by atoms with Gasteiger partial charge in [-0.3, -0.25) is 0 Å². The van der Waals surface area contributed by atoms with Crippen molar-refractivity contribution in [3.8, 4) is 17.6 Å². The lowest BCUT2D eigenvalue weighted by Crippen LogP contribution is -2.39. The molecule has 2 heterocycles. The van der Waals surface area contributed by atoms with Crippen molar-refractivity contribution in [2.24, 2.45) is 0 Å². The van der Waals surface area contributed by atoms with E-state index in [0.29, 0.717) is 28.7 Å². The SMILES string of the molecule is C=C/C(=C\N(C)C1CCN(C)CC1)c1cnc(NC)c(OCc2cc(C#CC(C)(C)O)ccc2F)c1. The molecule has 192 valence electrons. The van der Waals surface area contributed by atoms with Crippen LogP contribution in [0.2, 0.25) is 0 Å². The van der Waals surface area contributed by atoms with E-state index in [-0.39, 0.29) is 12.4 Å². The Hall–Kier alpha value is -3.34. The van der Waals surface area contributed by atoms with Gasteiger partial charge in [-0.2, -0.15) is 0 Å². The Morgan fingerprint density at radius 2 is 2.08 bits per heavy atom. The maximum atomic E-state index is 14.5. The number of halogens is 1. The number of nitrogens with one attached hydrogen (secondary N) is 1. The monoisotopic (exact) mass is 492 g/mol. The van der Waals surface area contributed by atoms with E-state index in [1.54, 1.807) is 39.2 Å². The number of ether oxygens (including phenoxy) is 1. The van der Waals surface area contributed by atoms with E-state index in [9.17, 15) is 9.50 Å². The Balaban J connectivity index is 1.81. The van der Waals surface area contributed by atoms with E-state index in [0.717, 1.165) is 37.1 Å². The lowest BCUT2D eigenvalue weighted by Gasteiger charge is -2.34. The summed E-state index contributed by atoms with van der Waals surface area (Å²) in [7, 11) is 6.02. The highest BCUT2D eigenvalue weighted by Crippen LogP contribution is 2.29. The number of allylic oxidation sites excluding steroid dienone is 2. The van der Waals surface area contributed by atoms with Crippen LogP contribution in [0.4, 0.5) is 10.2 Å². The highest BCUT2D eigenvalue weighted by Gasteiger charge is 2.19. The molecule has 0 aliphatic carbocycles. The van der Waals surface area contributed by atoms with Gasteiger partial charge >= 0.3 is 0 Å². The van der Waals surface area contributed by atoms with Crippen molar-refractivity contribution in [2.45, 2.75) is 44.9 Å². The predicted octanol–water partition coefficient (Wildman–Crippen LogP) is 4.52. The van der Waals surface area contributed by atoms with Crippen LogP contribution in [-0.2, 0) is 6.61 Å². The molecule has 3 rings (SSSR count). The average Bonchev–Trinajstić information content (AvgIpc) is 2.85. The van der Waals surface area contributed by atoms with Gasteiger partial charge in [-0.05, 0) is 76.7 Å². The molecule has 2 N–H and O–H groups in total. The van der Waals surface area contributed by atoms with Crippen LogP contribution in [0.25, 0.3) is 5.57 Å². The Morgan fingerprint density at radius 1 is 1.36 bits per heavy atom. The molecule has 0 radical (unpaired) electrons. The molecule has 0 amide bonds. The van der Waals surface area contributed by atoms with Crippen LogP contribution in [-0.4, -0.2) is 65.8 Å². The molecule has 1 fully saturated rings. The van der Waals surface area contributed by atoms with E-state index in [1.807, 2.05) is 12.1 Å². The number of hydrogen-bond donors (Lipinski definition) is 2. The minimum absolute atomic E-state index is 0.00627. The number of piperidine rings is 1. The molecule has 0 saturated carbocycles. The zero-order valence-corrected chi connectivity index (χ0v) is 21.9. The van der Waals surface area contributed by atoms with Crippen LogP contribution < -0.4 is 10.1 Å². The van der Waals surface area contributed by atoms with Crippen LogP contribution in [0.1, 0.15) is 43.4 Å². The van der Waals surface area contributed by atoms with Crippen LogP contribution in [0.3, 0.4) is 0 Å². The average molecular weight is 493 g/mol. The topological polar surface area (TPSA) is 60.9 Å². The standard InChI is InChI=1S/C29H37FN4O2/c1-7-22(19-34(6)25-11-14-33(5)15-12-25)23-17-27(28(31-4)32-18-23)36-20-24-16-21(8-9-26(24)30)10-13-29(2,3)35/h7-9,16-19,25,35H,1,11-12,14-15,20H2,2-6H3,(H,31,32)/b22-19+. The number of benzene rings is 1. The second-order valence-electron chi connectivity index (χ2n) is 9.71. The first-order chi connectivity index (χ1) is 17.1.